The first kappa shape index (κ1) is 22.7. The van der Waals surface area contributed by atoms with Crippen molar-refractivity contribution in [2.75, 3.05) is 14.2 Å². The van der Waals surface area contributed by atoms with Crippen LogP contribution in [0.2, 0.25) is 0 Å². The van der Waals surface area contributed by atoms with Crippen molar-refractivity contribution >= 4 is 32.7 Å². The number of aromatic nitrogens is 2. The molecule has 1 amide bonds. The van der Waals surface area contributed by atoms with Crippen molar-refractivity contribution in [3.8, 4) is 11.5 Å². The molecule has 0 unspecified atom stereocenters. The highest BCUT2D eigenvalue weighted by molar-refractivity contribution is 9.10. The number of rotatable bonds is 8. The third-order valence-corrected chi connectivity index (χ3v) is 5.14. The van der Waals surface area contributed by atoms with Gasteiger partial charge in [0.05, 0.1) is 24.3 Å². The summed E-state index contributed by atoms with van der Waals surface area (Å²) in [6.45, 7) is -2.54. The zero-order valence-corrected chi connectivity index (χ0v) is 18.4. The van der Waals surface area contributed by atoms with Crippen molar-refractivity contribution in [1.82, 2.24) is 14.5 Å². The summed E-state index contributed by atoms with van der Waals surface area (Å²) in [6, 6.07) is 9.74. The Balaban J connectivity index is 1.65. The van der Waals surface area contributed by atoms with E-state index < -0.39 is 6.61 Å². The van der Waals surface area contributed by atoms with E-state index in [1.54, 1.807) is 31.3 Å². The van der Waals surface area contributed by atoms with E-state index in [1.807, 2.05) is 0 Å². The third-order valence-electron chi connectivity index (χ3n) is 4.64. The number of benzene rings is 2. The number of nitrogens with zero attached hydrogens (tertiary/aromatic N) is 3. The standard InChI is InChI=1S/C21H20BrF2N3O4/c1-26(11-13-3-6-17(31-21(23)24)18(9-13)30-2)19(28)7-8-27-12-25-16-5-4-14(22)10-15(16)20(27)29/h3-6,9-10,12,21H,7-8,11H2,1-2H3. The second-order valence-electron chi connectivity index (χ2n) is 6.77. The van der Waals surface area contributed by atoms with Crippen LogP contribution in [0.1, 0.15) is 12.0 Å². The molecule has 0 radical (unpaired) electrons. The van der Waals surface area contributed by atoms with Crippen molar-refractivity contribution in [1.29, 1.82) is 0 Å². The van der Waals surface area contributed by atoms with Crippen LogP contribution >= 0.6 is 15.9 Å². The maximum absolute atomic E-state index is 12.6. The van der Waals surface area contributed by atoms with Crippen LogP contribution in [0, 0.1) is 0 Å². The van der Waals surface area contributed by atoms with Crippen molar-refractivity contribution in [2.45, 2.75) is 26.1 Å². The molecule has 164 valence electrons. The van der Waals surface area contributed by atoms with E-state index in [2.05, 4.69) is 25.7 Å². The van der Waals surface area contributed by atoms with Crippen LogP contribution in [0.25, 0.3) is 10.9 Å². The highest BCUT2D eigenvalue weighted by atomic mass is 79.9. The highest BCUT2D eigenvalue weighted by Gasteiger charge is 2.14. The second-order valence-corrected chi connectivity index (χ2v) is 7.68. The number of fused-ring (bicyclic) bond motifs is 1. The predicted molar refractivity (Wildman–Crippen MR) is 114 cm³/mol. The number of halogens is 3. The fourth-order valence-electron chi connectivity index (χ4n) is 3.06. The van der Waals surface area contributed by atoms with Gasteiger partial charge in [0, 0.05) is 31.0 Å². The van der Waals surface area contributed by atoms with E-state index in [0.717, 1.165) is 4.47 Å². The minimum Gasteiger partial charge on any atom is -0.493 e. The van der Waals surface area contributed by atoms with Crippen LogP contribution in [0.5, 0.6) is 11.5 Å². The predicted octanol–water partition coefficient (Wildman–Crippen LogP) is 3.82. The van der Waals surface area contributed by atoms with E-state index in [0.29, 0.717) is 16.5 Å². The lowest BCUT2D eigenvalue weighted by Crippen LogP contribution is -2.29. The molecule has 0 spiro atoms. The molecule has 31 heavy (non-hydrogen) atoms. The van der Waals surface area contributed by atoms with Gasteiger partial charge in [-0.25, -0.2) is 4.98 Å². The molecule has 0 aliphatic carbocycles. The monoisotopic (exact) mass is 495 g/mol. The number of hydrogen-bond donors (Lipinski definition) is 0. The first-order valence-electron chi connectivity index (χ1n) is 9.29. The van der Waals surface area contributed by atoms with E-state index in [-0.39, 0.29) is 42.5 Å². The lowest BCUT2D eigenvalue weighted by molar-refractivity contribution is -0.130. The minimum absolute atomic E-state index is 0.0787. The van der Waals surface area contributed by atoms with Gasteiger partial charge in [0.2, 0.25) is 5.91 Å². The molecule has 1 aromatic heterocycles. The van der Waals surface area contributed by atoms with Gasteiger partial charge in [-0.05, 0) is 35.9 Å². The van der Waals surface area contributed by atoms with Crippen LogP contribution in [-0.2, 0) is 17.9 Å². The Labute approximate surface area is 185 Å². The lowest BCUT2D eigenvalue weighted by Gasteiger charge is -2.19. The van der Waals surface area contributed by atoms with Gasteiger partial charge in [-0.15, -0.1) is 0 Å². The van der Waals surface area contributed by atoms with E-state index in [4.69, 9.17) is 4.74 Å². The summed E-state index contributed by atoms with van der Waals surface area (Å²) >= 11 is 3.34. The van der Waals surface area contributed by atoms with Gasteiger partial charge in [-0.2, -0.15) is 8.78 Å². The Morgan fingerprint density at radius 3 is 2.71 bits per heavy atom. The normalized spacial score (nSPS) is 11.0. The van der Waals surface area contributed by atoms with Crippen LogP contribution in [0.3, 0.4) is 0 Å². The first-order valence-corrected chi connectivity index (χ1v) is 10.1. The molecule has 0 aliphatic rings. The lowest BCUT2D eigenvalue weighted by atomic mass is 10.2. The molecular weight excluding hydrogens is 476 g/mol. The molecule has 10 heteroatoms. The van der Waals surface area contributed by atoms with Crippen LogP contribution in [-0.4, -0.2) is 41.1 Å². The van der Waals surface area contributed by atoms with Crippen molar-refractivity contribution < 1.29 is 23.0 Å². The van der Waals surface area contributed by atoms with Gasteiger partial charge in [-0.1, -0.05) is 22.0 Å². The Kier molecular flexibility index (Phi) is 7.21. The number of methoxy groups -OCH3 is 1. The van der Waals surface area contributed by atoms with E-state index >= 15 is 0 Å². The van der Waals surface area contributed by atoms with E-state index in [1.165, 1.54) is 35.0 Å². The largest absolute Gasteiger partial charge is 0.493 e. The van der Waals surface area contributed by atoms with Crippen LogP contribution in [0.15, 0.2) is 52.0 Å². The molecule has 1 heterocycles. The van der Waals surface area contributed by atoms with Crippen molar-refractivity contribution in [3.63, 3.8) is 0 Å². The first-order chi connectivity index (χ1) is 14.8. The summed E-state index contributed by atoms with van der Waals surface area (Å²) in [4.78, 5) is 30.9. The van der Waals surface area contributed by atoms with Gasteiger partial charge in [0.1, 0.15) is 0 Å². The van der Waals surface area contributed by atoms with Gasteiger partial charge < -0.3 is 14.4 Å². The Morgan fingerprint density at radius 2 is 2.00 bits per heavy atom. The quantitative estimate of drug-likeness (QED) is 0.474. The summed E-state index contributed by atoms with van der Waals surface area (Å²) in [6.07, 6.45) is 1.53. The topological polar surface area (TPSA) is 73.7 Å². The molecule has 3 rings (SSSR count). The number of amides is 1. The summed E-state index contributed by atoms with van der Waals surface area (Å²) in [5.41, 5.74) is 1.05. The fraction of sp³-hybridized carbons (Fsp3) is 0.286. The van der Waals surface area contributed by atoms with Crippen LogP contribution in [0.4, 0.5) is 8.78 Å². The van der Waals surface area contributed by atoms with Gasteiger partial charge in [-0.3, -0.25) is 14.2 Å². The molecule has 0 saturated heterocycles. The highest BCUT2D eigenvalue weighted by Crippen LogP contribution is 2.29. The molecule has 0 bridgehead atoms. The Morgan fingerprint density at radius 1 is 1.23 bits per heavy atom. The van der Waals surface area contributed by atoms with Crippen molar-refractivity contribution in [2.24, 2.45) is 0 Å². The molecular formula is C21H20BrF2N3O4. The third kappa shape index (κ3) is 5.57. The molecule has 2 aromatic carbocycles. The second kappa shape index (κ2) is 9.86. The molecule has 0 fully saturated rings. The summed E-state index contributed by atoms with van der Waals surface area (Å²) in [5, 5.41) is 0.468. The molecule has 7 nitrogen and oxygen atoms in total. The van der Waals surface area contributed by atoms with Gasteiger partial charge >= 0.3 is 6.61 Å². The summed E-state index contributed by atoms with van der Waals surface area (Å²) in [7, 11) is 2.97. The number of hydrogen-bond acceptors (Lipinski definition) is 5. The van der Waals surface area contributed by atoms with E-state index in [9.17, 15) is 18.4 Å². The zero-order valence-electron chi connectivity index (χ0n) is 16.8. The number of aryl methyl sites for hydroxylation is 1. The molecule has 0 atom stereocenters. The van der Waals surface area contributed by atoms with Crippen molar-refractivity contribution in [3.05, 3.63) is 63.1 Å². The summed E-state index contributed by atoms with van der Waals surface area (Å²) in [5.74, 6) is -0.114. The maximum Gasteiger partial charge on any atom is 0.387 e. The number of carbonyl (C=O) groups excluding carboxylic acids is 1. The maximum atomic E-state index is 12.6. The Bertz CT molecular complexity index is 1150. The fourth-order valence-corrected chi connectivity index (χ4v) is 3.42. The SMILES string of the molecule is COc1cc(CN(C)C(=O)CCn2cnc3ccc(Br)cc3c2=O)ccc1OC(F)F. The average Bonchev–Trinajstić information content (AvgIpc) is 2.74. The smallest absolute Gasteiger partial charge is 0.387 e. The average molecular weight is 496 g/mol. The van der Waals surface area contributed by atoms with Crippen LogP contribution < -0.4 is 15.0 Å². The minimum atomic E-state index is -2.96. The van der Waals surface area contributed by atoms with Gasteiger partial charge in [0.25, 0.3) is 5.56 Å². The number of carbonyl (C=O) groups is 1. The zero-order chi connectivity index (χ0) is 22.5. The number of ether oxygens (including phenoxy) is 2. The summed E-state index contributed by atoms with van der Waals surface area (Å²) < 4.78 is 36.6. The molecule has 0 saturated carbocycles. The Hall–Kier alpha value is -3.01. The molecule has 0 N–H and O–H groups in total. The molecule has 3 aromatic rings. The van der Waals surface area contributed by atoms with Gasteiger partial charge in [0.15, 0.2) is 11.5 Å². The molecule has 0 aliphatic heterocycles. The number of alkyl halides is 2.